The van der Waals surface area contributed by atoms with E-state index in [-0.39, 0.29) is 0 Å². The SMILES string of the molecule is Cc1c(C2CCCNC2)cnn1C1CCCCC1. The Labute approximate surface area is 110 Å². The van der Waals surface area contributed by atoms with Crippen LogP contribution in [0.3, 0.4) is 0 Å². The lowest BCUT2D eigenvalue weighted by molar-refractivity contribution is 0.324. The van der Waals surface area contributed by atoms with Crippen molar-refractivity contribution in [2.45, 2.75) is 63.8 Å². The molecular weight excluding hydrogens is 222 g/mol. The molecule has 1 aromatic rings. The lowest BCUT2D eigenvalue weighted by Crippen LogP contribution is -2.28. The molecular formula is C15H25N3. The fraction of sp³-hybridized carbons (Fsp3) is 0.800. The smallest absolute Gasteiger partial charge is 0.0528 e. The first kappa shape index (κ1) is 12.2. The first-order valence-corrected chi connectivity index (χ1v) is 7.61. The summed E-state index contributed by atoms with van der Waals surface area (Å²) in [6.45, 7) is 4.59. The zero-order valence-corrected chi connectivity index (χ0v) is 11.5. The van der Waals surface area contributed by atoms with Crippen molar-refractivity contribution in [3.05, 3.63) is 17.5 Å². The van der Waals surface area contributed by atoms with Crippen molar-refractivity contribution in [3.8, 4) is 0 Å². The van der Waals surface area contributed by atoms with E-state index in [2.05, 4.69) is 23.1 Å². The summed E-state index contributed by atoms with van der Waals surface area (Å²) < 4.78 is 2.32. The number of hydrogen-bond acceptors (Lipinski definition) is 2. The third-order valence-electron chi connectivity index (χ3n) is 4.74. The Morgan fingerprint density at radius 3 is 2.72 bits per heavy atom. The summed E-state index contributed by atoms with van der Waals surface area (Å²) in [5.41, 5.74) is 2.92. The predicted molar refractivity (Wildman–Crippen MR) is 73.9 cm³/mol. The molecule has 1 aliphatic carbocycles. The third-order valence-corrected chi connectivity index (χ3v) is 4.74. The van der Waals surface area contributed by atoms with Gasteiger partial charge in [-0.3, -0.25) is 4.68 Å². The molecule has 18 heavy (non-hydrogen) atoms. The van der Waals surface area contributed by atoms with Crippen molar-refractivity contribution in [2.24, 2.45) is 0 Å². The molecule has 0 bridgehead atoms. The highest BCUT2D eigenvalue weighted by Gasteiger charge is 2.23. The Morgan fingerprint density at radius 1 is 1.17 bits per heavy atom. The molecule has 2 heterocycles. The van der Waals surface area contributed by atoms with Crippen LogP contribution in [0.25, 0.3) is 0 Å². The molecule has 2 fully saturated rings. The number of piperidine rings is 1. The first-order valence-electron chi connectivity index (χ1n) is 7.61. The summed E-state index contributed by atoms with van der Waals surface area (Å²) in [6, 6.07) is 0.670. The van der Waals surface area contributed by atoms with Gasteiger partial charge in [0.15, 0.2) is 0 Å². The molecule has 3 rings (SSSR count). The van der Waals surface area contributed by atoms with Gasteiger partial charge in [0.25, 0.3) is 0 Å². The summed E-state index contributed by atoms with van der Waals surface area (Å²) >= 11 is 0. The standard InChI is InChI=1S/C15H25N3/c1-12-15(13-6-5-9-16-10-13)11-17-18(12)14-7-3-2-4-8-14/h11,13-14,16H,2-10H2,1H3. The number of rotatable bonds is 2. The molecule has 0 radical (unpaired) electrons. The molecule has 0 spiro atoms. The second-order valence-electron chi connectivity index (χ2n) is 5.97. The average Bonchev–Trinajstić information content (AvgIpc) is 2.83. The van der Waals surface area contributed by atoms with Gasteiger partial charge in [0.1, 0.15) is 0 Å². The van der Waals surface area contributed by atoms with Crippen LogP contribution in [0.2, 0.25) is 0 Å². The zero-order valence-electron chi connectivity index (χ0n) is 11.5. The highest BCUT2D eigenvalue weighted by molar-refractivity contribution is 5.23. The molecule has 1 aliphatic heterocycles. The third kappa shape index (κ3) is 2.33. The fourth-order valence-corrected chi connectivity index (χ4v) is 3.65. The maximum absolute atomic E-state index is 4.70. The van der Waals surface area contributed by atoms with Crippen molar-refractivity contribution in [3.63, 3.8) is 0 Å². The van der Waals surface area contributed by atoms with Crippen LogP contribution in [0, 0.1) is 6.92 Å². The van der Waals surface area contributed by atoms with Gasteiger partial charge in [-0.25, -0.2) is 0 Å². The topological polar surface area (TPSA) is 29.9 Å². The average molecular weight is 247 g/mol. The van der Waals surface area contributed by atoms with Gasteiger partial charge in [0.2, 0.25) is 0 Å². The molecule has 3 nitrogen and oxygen atoms in total. The summed E-state index contributed by atoms with van der Waals surface area (Å²) in [7, 11) is 0. The van der Waals surface area contributed by atoms with Gasteiger partial charge in [0.05, 0.1) is 12.2 Å². The van der Waals surface area contributed by atoms with E-state index < -0.39 is 0 Å². The maximum atomic E-state index is 4.70. The first-order chi connectivity index (χ1) is 8.86. The summed E-state index contributed by atoms with van der Waals surface area (Å²) in [6.07, 6.45) is 11.6. The van der Waals surface area contributed by atoms with Crippen LogP contribution < -0.4 is 5.32 Å². The van der Waals surface area contributed by atoms with Crippen LogP contribution in [0.5, 0.6) is 0 Å². The molecule has 2 aliphatic rings. The molecule has 1 saturated carbocycles. The van der Waals surface area contributed by atoms with E-state index in [0.29, 0.717) is 12.0 Å². The van der Waals surface area contributed by atoms with E-state index in [1.165, 1.54) is 62.7 Å². The van der Waals surface area contributed by atoms with Gasteiger partial charge in [-0.05, 0) is 50.6 Å². The lowest BCUT2D eigenvalue weighted by atomic mass is 9.91. The van der Waals surface area contributed by atoms with Gasteiger partial charge in [-0.1, -0.05) is 19.3 Å². The van der Waals surface area contributed by atoms with Crippen molar-refractivity contribution in [2.75, 3.05) is 13.1 Å². The van der Waals surface area contributed by atoms with Gasteiger partial charge in [0, 0.05) is 12.2 Å². The van der Waals surface area contributed by atoms with Crippen LogP contribution >= 0.6 is 0 Å². The Balaban J connectivity index is 1.78. The highest BCUT2D eigenvalue weighted by atomic mass is 15.3. The summed E-state index contributed by atoms with van der Waals surface area (Å²) in [5.74, 6) is 0.691. The van der Waals surface area contributed by atoms with Crippen molar-refractivity contribution >= 4 is 0 Å². The van der Waals surface area contributed by atoms with Gasteiger partial charge in [-0.2, -0.15) is 5.10 Å². The van der Waals surface area contributed by atoms with Crippen LogP contribution in [0.4, 0.5) is 0 Å². The summed E-state index contributed by atoms with van der Waals surface area (Å²) in [5, 5.41) is 8.22. The lowest BCUT2D eigenvalue weighted by Gasteiger charge is -2.25. The zero-order chi connectivity index (χ0) is 12.4. The molecule has 0 aromatic carbocycles. The molecule has 1 saturated heterocycles. The molecule has 0 amide bonds. The van der Waals surface area contributed by atoms with Crippen LogP contribution in [0.15, 0.2) is 6.20 Å². The largest absolute Gasteiger partial charge is 0.316 e. The number of nitrogens with one attached hydrogen (secondary N) is 1. The van der Waals surface area contributed by atoms with E-state index in [1.54, 1.807) is 0 Å². The Morgan fingerprint density at radius 2 is 2.00 bits per heavy atom. The van der Waals surface area contributed by atoms with Gasteiger partial charge < -0.3 is 5.32 Å². The highest BCUT2D eigenvalue weighted by Crippen LogP contribution is 2.32. The molecule has 1 N–H and O–H groups in total. The van der Waals surface area contributed by atoms with Crippen molar-refractivity contribution in [1.82, 2.24) is 15.1 Å². The van der Waals surface area contributed by atoms with E-state index in [0.717, 1.165) is 6.54 Å². The number of hydrogen-bond donors (Lipinski definition) is 1. The molecule has 1 aromatic heterocycles. The van der Waals surface area contributed by atoms with Crippen LogP contribution in [0.1, 0.15) is 68.2 Å². The van der Waals surface area contributed by atoms with E-state index in [9.17, 15) is 0 Å². The van der Waals surface area contributed by atoms with Crippen molar-refractivity contribution in [1.29, 1.82) is 0 Å². The van der Waals surface area contributed by atoms with E-state index >= 15 is 0 Å². The molecule has 3 heteroatoms. The minimum absolute atomic E-state index is 0.670. The molecule has 1 unspecified atom stereocenters. The Kier molecular flexibility index (Phi) is 3.69. The minimum Gasteiger partial charge on any atom is -0.316 e. The summed E-state index contributed by atoms with van der Waals surface area (Å²) in [4.78, 5) is 0. The fourth-order valence-electron chi connectivity index (χ4n) is 3.65. The normalized spacial score (nSPS) is 26.4. The second kappa shape index (κ2) is 5.43. The molecule has 100 valence electrons. The number of nitrogens with zero attached hydrogens (tertiary/aromatic N) is 2. The minimum atomic E-state index is 0.670. The van der Waals surface area contributed by atoms with Crippen LogP contribution in [-0.2, 0) is 0 Å². The quantitative estimate of drug-likeness (QED) is 0.870. The van der Waals surface area contributed by atoms with E-state index in [4.69, 9.17) is 5.10 Å². The number of aromatic nitrogens is 2. The Hall–Kier alpha value is -0.830. The van der Waals surface area contributed by atoms with Gasteiger partial charge >= 0.3 is 0 Å². The maximum Gasteiger partial charge on any atom is 0.0528 e. The van der Waals surface area contributed by atoms with Crippen molar-refractivity contribution < 1.29 is 0 Å². The monoisotopic (exact) mass is 247 g/mol. The second-order valence-corrected chi connectivity index (χ2v) is 5.97. The van der Waals surface area contributed by atoms with Crippen LogP contribution in [-0.4, -0.2) is 22.9 Å². The predicted octanol–water partition coefficient (Wildman–Crippen LogP) is 3.16. The van der Waals surface area contributed by atoms with E-state index in [1.807, 2.05) is 0 Å². The Bertz CT molecular complexity index is 349. The van der Waals surface area contributed by atoms with Gasteiger partial charge in [-0.15, -0.1) is 0 Å². The molecule has 1 atom stereocenters.